The Bertz CT molecular complexity index is 145. The van der Waals surface area contributed by atoms with Crippen LogP contribution in [0.3, 0.4) is 0 Å². The molecule has 0 aromatic rings. The van der Waals surface area contributed by atoms with Crippen LogP contribution < -0.4 is 0 Å². The smallest absolute Gasteiger partial charge is 0.208 e. The van der Waals surface area contributed by atoms with E-state index in [1.807, 2.05) is 0 Å². The van der Waals surface area contributed by atoms with E-state index in [4.69, 9.17) is 0 Å². The molecular weight excluding hydrogens is 188 g/mol. The van der Waals surface area contributed by atoms with Crippen molar-refractivity contribution in [2.75, 3.05) is 27.2 Å². The minimum Gasteiger partial charge on any atom is -0.317 e. The van der Waals surface area contributed by atoms with Crippen LogP contribution in [0.1, 0.15) is 34.6 Å². The van der Waals surface area contributed by atoms with Crippen molar-refractivity contribution in [3.8, 4) is 0 Å². The molecule has 1 atom stereocenters. The van der Waals surface area contributed by atoms with Gasteiger partial charge in [-0.25, -0.2) is 0 Å². The van der Waals surface area contributed by atoms with Crippen LogP contribution in [0.15, 0.2) is 0 Å². The predicted octanol–water partition coefficient (Wildman–Crippen LogP) is 2.76. The molecule has 0 aliphatic carbocycles. The Morgan fingerprint density at radius 1 is 1.00 bits per heavy atom. The fraction of sp³-hybridized carbons (Fsp3) is 1.00. The van der Waals surface area contributed by atoms with Gasteiger partial charge in [-0.2, -0.15) is 0 Å². The van der Waals surface area contributed by atoms with E-state index in [2.05, 4.69) is 57.8 Å². The maximum Gasteiger partial charge on any atom is 0.208 e. The molecule has 0 N–H and O–H groups in total. The highest BCUT2D eigenvalue weighted by Crippen LogP contribution is 2.30. The first kappa shape index (κ1) is 14.1. The van der Waals surface area contributed by atoms with Crippen molar-refractivity contribution in [3.05, 3.63) is 0 Å². The molecule has 0 saturated heterocycles. The minimum absolute atomic E-state index is 0.794. The predicted molar refractivity (Wildman–Crippen MR) is 67.9 cm³/mol. The summed E-state index contributed by atoms with van der Waals surface area (Å²) < 4.78 is 5.22. The molecule has 0 aromatic carbocycles. The average molecular weight is 216 g/mol. The molecule has 86 valence electrons. The first-order valence-corrected chi connectivity index (χ1v) is 8.07. The van der Waals surface area contributed by atoms with Crippen molar-refractivity contribution >= 4 is 8.40 Å². The molecule has 0 fully saturated rings. The van der Waals surface area contributed by atoms with Crippen LogP contribution in [0.5, 0.6) is 0 Å². The minimum atomic E-state index is -1.39. The maximum atomic E-state index is 2.71. The van der Waals surface area contributed by atoms with E-state index in [0.29, 0.717) is 0 Å². The summed E-state index contributed by atoms with van der Waals surface area (Å²) >= 11 is 0. The summed E-state index contributed by atoms with van der Waals surface area (Å²) in [7, 11) is 3.13. The van der Waals surface area contributed by atoms with E-state index in [-0.39, 0.29) is 0 Å². The van der Waals surface area contributed by atoms with Gasteiger partial charge in [0, 0.05) is 0 Å². The SMILES string of the molecule is CCN(CC)[Si](CC)(C(C)C)N(C)C. The molecule has 14 heavy (non-hydrogen) atoms. The second-order valence-corrected chi connectivity index (χ2v) is 9.60. The second kappa shape index (κ2) is 5.88. The molecule has 0 aliphatic heterocycles. The molecule has 0 rings (SSSR count). The zero-order valence-corrected chi connectivity index (χ0v) is 12.1. The maximum absolute atomic E-state index is 2.71. The third kappa shape index (κ3) is 2.38. The largest absolute Gasteiger partial charge is 0.317 e. The summed E-state index contributed by atoms with van der Waals surface area (Å²) in [5, 5.41) is 0. The molecule has 0 aromatic heterocycles. The number of rotatable bonds is 6. The van der Waals surface area contributed by atoms with Crippen molar-refractivity contribution in [2.45, 2.75) is 46.2 Å². The van der Waals surface area contributed by atoms with E-state index < -0.39 is 8.40 Å². The van der Waals surface area contributed by atoms with Crippen molar-refractivity contribution < 1.29 is 0 Å². The van der Waals surface area contributed by atoms with Crippen LogP contribution in [0.25, 0.3) is 0 Å². The van der Waals surface area contributed by atoms with Crippen LogP contribution in [0.2, 0.25) is 11.6 Å². The van der Waals surface area contributed by atoms with Crippen molar-refractivity contribution in [3.63, 3.8) is 0 Å². The quantitative estimate of drug-likeness (QED) is 0.630. The topological polar surface area (TPSA) is 6.48 Å². The zero-order chi connectivity index (χ0) is 11.4. The summed E-state index contributed by atoms with van der Waals surface area (Å²) in [4.78, 5) is 0. The highest BCUT2D eigenvalue weighted by molar-refractivity contribution is 6.75. The third-order valence-corrected chi connectivity index (χ3v) is 9.70. The van der Waals surface area contributed by atoms with Gasteiger partial charge in [-0.05, 0) is 38.8 Å². The Hall–Kier alpha value is 0.137. The number of hydrogen-bond acceptors (Lipinski definition) is 2. The van der Waals surface area contributed by atoms with Crippen molar-refractivity contribution in [1.82, 2.24) is 9.13 Å². The monoisotopic (exact) mass is 216 g/mol. The van der Waals surface area contributed by atoms with Gasteiger partial charge in [-0.3, -0.25) is 0 Å². The second-order valence-electron chi connectivity index (χ2n) is 4.45. The molecule has 0 bridgehead atoms. The molecule has 0 aliphatic rings. The van der Waals surface area contributed by atoms with Crippen LogP contribution in [-0.4, -0.2) is 44.7 Å². The van der Waals surface area contributed by atoms with Crippen molar-refractivity contribution in [2.24, 2.45) is 0 Å². The van der Waals surface area contributed by atoms with E-state index >= 15 is 0 Å². The van der Waals surface area contributed by atoms with Crippen LogP contribution >= 0.6 is 0 Å². The van der Waals surface area contributed by atoms with Gasteiger partial charge >= 0.3 is 0 Å². The van der Waals surface area contributed by atoms with Crippen LogP contribution in [0, 0.1) is 0 Å². The Kier molecular flexibility index (Phi) is 5.94. The van der Waals surface area contributed by atoms with Gasteiger partial charge in [-0.15, -0.1) is 0 Å². The Labute approximate surface area is 91.4 Å². The summed E-state index contributed by atoms with van der Waals surface area (Å²) in [5.74, 6) is 0. The van der Waals surface area contributed by atoms with Gasteiger partial charge < -0.3 is 9.13 Å². The van der Waals surface area contributed by atoms with Gasteiger partial charge in [0.2, 0.25) is 8.40 Å². The summed E-state index contributed by atoms with van der Waals surface area (Å²) in [6.07, 6.45) is 0. The molecule has 0 spiro atoms. The lowest BCUT2D eigenvalue weighted by atomic mass is 10.6. The molecule has 0 heterocycles. The van der Waals surface area contributed by atoms with E-state index in [1.54, 1.807) is 0 Å². The Morgan fingerprint density at radius 3 is 1.50 bits per heavy atom. The Morgan fingerprint density at radius 2 is 1.43 bits per heavy atom. The van der Waals surface area contributed by atoms with E-state index in [0.717, 1.165) is 5.54 Å². The molecule has 0 radical (unpaired) electrons. The summed E-state index contributed by atoms with van der Waals surface area (Å²) in [5.41, 5.74) is 0.794. The fourth-order valence-corrected chi connectivity index (χ4v) is 8.20. The zero-order valence-electron chi connectivity index (χ0n) is 11.1. The first-order valence-electron chi connectivity index (χ1n) is 5.89. The lowest BCUT2D eigenvalue weighted by molar-refractivity contribution is 0.383. The summed E-state index contributed by atoms with van der Waals surface area (Å²) in [6, 6.07) is 1.32. The van der Waals surface area contributed by atoms with E-state index in [1.165, 1.54) is 19.1 Å². The highest BCUT2D eigenvalue weighted by atomic mass is 28.3. The molecular formula is C11H28N2Si. The summed E-state index contributed by atoms with van der Waals surface area (Å²) in [6.45, 7) is 14.1. The number of hydrogen-bond donors (Lipinski definition) is 0. The lowest BCUT2D eigenvalue weighted by Crippen LogP contribution is -2.64. The normalized spacial score (nSPS) is 16.7. The van der Waals surface area contributed by atoms with Gasteiger partial charge in [0.15, 0.2) is 0 Å². The molecule has 0 amide bonds. The Balaban J connectivity index is 5.00. The van der Waals surface area contributed by atoms with E-state index in [9.17, 15) is 0 Å². The first-order chi connectivity index (χ1) is 6.47. The highest BCUT2D eigenvalue weighted by Gasteiger charge is 2.42. The van der Waals surface area contributed by atoms with Gasteiger partial charge in [-0.1, -0.05) is 34.6 Å². The van der Waals surface area contributed by atoms with Gasteiger partial charge in [0.05, 0.1) is 0 Å². The molecule has 1 unspecified atom stereocenters. The third-order valence-electron chi connectivity index (χ3n) is 3.53. The van der Waals surface area contributed by atoms with Crippen molar-refractivity contribution in [1.29, 1.82) is 0 Å². The average Bonchev–Trinajstić information content (AvgIpc) is 2.12. The van der Waals surface area contributed by atoms with Crippen LogP contribution in [0.4, 0.5) is 0 Å². The number of nitrogens with zero attached hydrogens (tertiary/aromatic N) is 2. The standard InChI is InChI=1S/C11H28N2Si/c1-8-13(9-2)14(10-3,11(4)5)12(6)7/h11H,8-10H2,1-7H3. The molecule has 0 saturated carbocycles. The lowest BCUT2D eigenvalue weighted by Gasteiger charge is -2.48. The fourth-order valence-electron chi connectivity index (χ4n) is 2.88. The molecule has 2 nitrogen and oxygen atoms in total. The van der Waals surface area contributed by atoms with Gasteiger partial charge in [0.25, 0.3) is 0 Å². The van der Waals surface area contributed by atoms with Gasteiger partial charge in [0.1, 0.15) is 0 Å². The van der Waals surface area contributed by atoms with Crippen LogP contribution in [-0.2, 0) is 0 Å². The molecule has 3 heteroatoms.